The van der Waals surface area contributed by atoms with Crippen molar-refractivity contribution >= 4 is 17.6 Å². The summed E-state index contributed by atoms with van der Waals surface area (Å²) in [5, 5.41) is 2.69. The first-order valence-electron chi connectivity index (χ1n) is 7.61. The molecule has 23 heavy (non-hydrogen) atoms. The highest BCUT2D eigenvalue weighted by molar-refractivity contribution is 5.88. The normalized spacial score (nSPS) is 11.6. The maximum absolute atomic E-state index is 11.9. The second-order valence-electron chi connectivity index (χ2n) is 5.55. The molecule has 0 aliphatic rings. The number of esters is 1. The molecule has 0 aliphatic heterocycles. The molecule has 2 aromatic rings. The van der Waals surface area contributed by atoms with Gasteiger partial charge in [0.25, 0.3) is 0 Å². The van der Waals surface area contributed by atoms with Crippen molar-refractivity contribution in [1.29, 1.82) is 0 Å². The van der Waals surface area contributed by atoms with Crippen LogP contribution in [0.3, 0.4) is 0 Å². The molecule has 2 aromatic carbocycles. The Balaban J connectivity index is 1.81. The molecule has 0 heterocycles. The van der Waals surface area contributed by atoms with Crippen molar-refractivity contribution in [2.75, 3.05) is 11.9 Å². The van der Waals surface area contributed by atoms with Crippen LogP contribution in [0.4, 0.5) is 5.69 Å². The van der Waals surface area contributed by atoms with Crippen molar-refractivity contribution in [3.05, 3.63) is 65.7 Å². The minimum Gasteiger partial charge on any atom is -0.465 e. The fourth-order valence-corrected chi connectivity index (χ4v) is 2.22. The van der Waals surface area contributed by atoms with Crippen LogP contribution >= 0.6 is 0 Å². The van der Waals surface area contributed by atoms with Crippen LogP contribution in [0.2, 0.25) is 0 Å². The first kappa shape index (κ1) is 16.7. The molecule has 0 aromatic heterocycles. The van der Waals surface area contributed by atoms with Gasteiger partial charge < -0.3 is 10.1 Å². The van der Waals surface area contributed by atoms with Crippen molar-refractivity contribution in [2.45, 2.75) is 26.2 Å². The Morgan fingerprint density at radius 3 is 2.30 bits per heavy atom. The molecule has 1 N–H and O–H groups in total. The van der Waals surface area contributed by atoms with Crippen molar-refractivity contribution in [1.82, 2.24) is 0 Å². The van der Waals surface area contributed by atoms with Crippen LogP contribution in [0.25, 0.3) is 0 Å². The number of ether oxygens (including phenoxy) is 1. The fraction of sp³-hybridized carbons (Fsp3) is 0.263. The van der Waals surface area contributed by atoms with Gasteiger partial charge in [0.15, 0.2) is 0 Å². The topological polar surface area (TPSA) is 55.4 Å². The number of nitrogens with one attached hydrogen (secondary N) is 1. The van der Waals surface area contributed by atoms with Crippen LogP contribution in [0.1, 0.15) is 30.9 Å². The third kappa shape index (κ3) is 5.58. The maximum atomic E-state index is 11.9. The van der Waals surface area contributed by atoms with Gasteiger partial charge in [-0.25, -0.2) is 0 Å². The Hall–Kier alpha value is -2.62. The van der Waals surface area contributed by atoms with Gasteiger partial charge in [-0.05, 0) is 23.3 Å². The zero-order chi connectivity index (χ0) is 16.7. The van der Waals surface area contributed by atoms with Crippen LogP contribution in [-0.4, -0.2) is 18.5 Å². The standard InChI is InChI=1S/C19H21NO3/c1-14(17-6-4-3-5-7-17)13-23-19(22)12-16-8-10-18(11-9-16)20-15(2)21/h3-11,14H,12-13H2,1-2H3,(H,20,21). The Bertz CT molecular complexity index is 650. The monoisotopic (exact) mass is 311 g/mol. The molecule has 0 aliphatic carbocycles. The summed E-state index contributed by atoms with van der Waals surface area (Å²) in [5.41, 5.74) is 2.73. The van der Waals surface area contributed by atoms with E-state index in [0.717, 1.165) is 11.1 Å². The summed E-state index contributed by atoms with van der Waals surface area (Å²) >= 11 is 0. The molecule has 1 amide bonds. The molecule has 120 valence electrons. The molecule has 0 radical (unpaired) electrons. The Kier molecular flexibility index (Phi) is 5.92. The van der Waals surface area contributed by atoms with Gasteiger partial charge in [0.2, 0.25) is 5.91 Å². The number of anilines is 1. The van der Waals surface area contributed by atoms with E-state index in [1.165, 1.54) is 6.92 Å². The average molecular weight is 311 g/mol. The summed E-state index contributed by atoms with van der Waals surface area (Å²) in [6, 6.07) is 17.1. The van der Waals surface area contributed by atoms with Gasteiger partial charge in [-0.2, -0.15) is 0 Å². The molecule has 4 nitrogen and oxygen atoms in total. The predicted octanol–water partition coefficient (Wildman–Crippen LogP) is 3.53. The zero-order valence-corrected chi connectivity index (χ0v) is 13.4. The van der Waals surface area contributed by atoms with E-state index >= 15 is 0 Å². The molecule has 0 saturated carbocycles. The van der Waals surface area contributed by atoms with Gasteiger partial charge >= 0.3 is 5.97 Å². The number of benzene rings is 2. The van der Waals surface area contributed by atoms with Crippen LogP contribution in [0.15, 0.2) is 54.6 Å². The lowest BCUT2D eigenvalue weighted by Crippen LogP contribution is -2.13. The van der Waals surface area contributed by atoms with E-state index in [1.54, 1.807) is 12.1 Å². The van der Waals surface area contributed by atoms with Gasteiger partial charge in [0.1, 0.15) is 0 Å². The summed E-state index contributed by atoms with van der Waals surface area (Å²) < 4.78 is 5.35. The van der Waals surface area contributed by atoms with E-state index in [-0.39, 0.29) is 24.2 Å². The van der Waals surface area contributed by atoms with Gasteiger partial charge in [0, 0.05) is 18.5 Å². The summed E-state index contributed by atoms with van der Waals surface area (Å²) in [6.45, 7) is 3.86. The van der Waals surface area contributed by atoms with E-state index in [9.17, 15) is 9.59 Å². The molecule has 0 fully saturated rings. The van der Waals surface area contributed by atoms with Crippen LogP contribution < -0.4 is 5.32 Å². The molecule has 0 bridgehead atoms. The summed E-state index contributed by atoms with van der Waals surface area (Å²) in [7, 11) is 0. The Labute approximate surface area is 136 Å². The van der Waals surface area contributed by atoms with Crippen LogP contribution in [-0.2, 0) is 20.7 Å². The Morgan fingerprint density at radius 1 is 1.04 bits per heavy atom. The summed E-state index contributed by atoms with van der Waals surface area (Å²) in [5.74, 6) is -0.200. The molecule has 1 atom stereocenters. The number of hydrogen-bond donors (Lipinski definition) is 1. The molecular weight excluding hydrogens is 290 g/mol. The number of carbonyl (C=O) groups is 2. The number of rotatable bonds is 6. The first-order chi connectivity index (χ1) is 11.0. The van der Waals surface area contributed by atoms with E-state index in [2.05, 4.69) is 5.32 Å². The third-order valence-corrected chi connectivity index (χ3v) is 3.49. The third-order valence-electron chi connectivity index (χ3n) is 3.49. The Morgan fingerprint density at radius 2 is 1.70 bits per heavy atom. The largest absolute Gasteiger partial charge is 0.465 e. The fourth-order valence-electron chi connectivity index (χ4n) is 2.22. The highest BCUT2D eigenvalue weighted by Gasteiger charge is 2.10. The minimum absolute atomic E-state index is 0.118. The SMILES string of the molecule is CC(=O)Nc1ccc(CC(=O)OCC(C)c2ccccc2)cc1. The van der Waals surface area contributed by atoms with Gasteiger partial charge in [-0.15, -0.1) is 0 Å². The molecule has 4 heteroatoms. The highest BCUT2D eigenvalue weighted by atomic mass is 16.5. The van der Waals surface area contributed by atoms with E-state index in [4.69, 9.17) is 4.74 Å². The second kappa shape index (κ2) is 8.13. The van der Waals surface area contributed by atoms with Gasteiger partial charge in [-0.3, -0.25) is 9.59 Å². The van der Waals surface area contributed by atoms with Crippen LogP contribution in [0, 0.1) is 0 Å². The number of carbonyl (C=O) groups excluding carboxylic acids is 2. The van der Waals surface area contributed by atoms with Gasteiger partial charge in [-0.1, -0.05) is 49.4 Å². The second-order valence-corrected chi connectivity index (χ2v) is 5.55. The zero-order valence-electron chi connectivity index (χ0n) is 13.4. The van der Waals surface area contributed by atoms with Crippen LogP contribution in [0.5, 0.6) is 0 Å². The molecule has 0 saturated heterocycles. The van der Waals surface area contributed by atoms with Crippen molar-refractivity contribution in [3.63, 3.8) is 0 Å². The minimum atomic E-state index is -0.250. The van der Waals surface area contributed by atoms with Crippen molar-refractivity contribution in [3.8, 4) is 0 Å². The average Bonchev–Trinajstić information content (AvgIpc) is 2.55. The van der Waals surface area contributed by atoms with E-state index in [1.807, 2.05) is 49.4 Å². The van der Waals surface area contributed by atoms with E-state index < -0.39 is 0 Å². The lowest BCUT2D eigenvalue weighted by Gasteiger charge is -2.12. The van der Waals surface area contributed by atoms with Gasteiger partial charge in [0.05, 0.1) is 13.0 Å². The highest BCUT2D eigenvalue weighted by Crippen LogP contribution is 2.15. The molecule has 1 unspecified atom stereocenters. The lowest BCUT2D eigenvalue weighted by molar-refractivity contribution is -0.143. The molecule has 0 spiro atoms. The van der Waals surface area contributed by atoms with E-state index in [0.29, 0.717) is 12.3 Å². The first-order valence-corrected chi connectivity index (χ1v) is 7.61. The maximum Gasteiger partial charge on any atom is 0.310 e. The molecular formula is C19H21NO3. The quantitative estimate of drug-likeness (QED) is 0.830. The number of amides is 1. The molecule has 2 rings (SSSR count). The van der Waals surface area contributed by atoms with Crippen molar-refractivity contribution < 1.29 is 14.3 Å². The van der Waals surface area contributed by atoms with Crippen molar-refractivity contribution in [2.24, 2.45) is 0 Å². The number of hydrogen-bond acceptors (Lipinski definition) is 3. The summed E-state index contributed by atoms with van der Waals surface area (Å²) in [6.07, 6.45) is 0.224. The smallest absolute Gasteiger partial charge is 0.310 e. The summed E-state index contributed by atoms with van der Waals surface area (Å²) in [4.78, 5) is 22.9. The lowest BCUT2D eigenvalue weighted by atomic mass is 10.0. The predicted molar refractivity (Wildman–Crippen MR) is 90.3 cm³/mol.